The summed E-state index contributed by atoms with van der Waals surface area (Å²) in [5.41, 5.74) is 0.579. The number of hydrogen-bond acceptors (Lipinski definition) is 3. The number of rotatable bonds is 3. The van der Waals surface area contributed by atoms with Crippen molar-refractivity contribution in [3.63, 3.8) is 0 Å². The quantitative estimate of drug-likeness (QED) is 0.748. The van der Waals surface area contributed by atoms with Gasteiger partial charge in [0, 0.05) is 12.2 Å². The highest BCUT2D eigenvalue weighted by atomic mass is 16.5. The van der Waals surface area contributed by atoms with E-state index in [-0.39, 0.29) is 0 Å². The molecule has 1 aliphatic rings. The Bertz CT molecular complexity index is 364. The summed E-state index contributed by atoms with van der Waals surface area (Å²) in [5, 5.41) is 3.37. The van der Waals surface area contributed by atoms with Gasteiger partial charge in [-0.3, -0.25) is 0 Å². The van der Waals surface area contributed by atoms with Gasteiger partial charge in [0.05, 0.1) is 0 Å². The maximum absolute atomic E-state index is 5.64. The summed E-state index contributed by atoms with van der Waals surface area (Å²) in [5.74, 6) is 3.22. The predicted octanol–water partition coefficient (Wildman–Crippen LogP) is 1.19. The van der Waals surface area contributed by atoms with E-state index in [2.05, 4.69) is 16.2 Å². The molecule has 0 unspecified atom stereocenters. The van der Waals surface area contributed by atoms with E-state index in [0.717, 1.165) is 6.54 Å². The molecule has 2 heterocycles. The first-order valence-electron chi connectivity index (χ1n) is 5.18. The largest absolute Gasteiger partial charge is 0.489 e. The molecule has 1 fully saturated rings. The zero-order chi connectivity index (χ0) is 10.5. The summed E-state index contributed by atoms with van der Waals surface area (Å²) in [4.78, 5) is 4.06. The third kappa shape index (κ3) is 2.48. The highest BCUT2D eigenvalue weighted by Crippen LogP contribution is 2.15. The summed E-state index contributed by atoms with van der Waals surface area (Å²) in [7, 11) is 0. The number of ether oxygens (including phenoxy) is 1. The van der Waals surface area contributed by atoms with Gasteiger partial charge in [-0.15, -0.1) is 6.42 Å². The number of nitrogens with one attached hydrogen (secondary N) is 1. The van der Waals surface area contributed by atoms with Crippen LogP contribution in [0.5, 0.6) is 5.75 Å². The third-order valence-corrected chi connectivity index (χ3v) is 2.51. The van der Waals surface area contributed by atoms with Crippen LogP contribution in [0.25, 0.3) is 0 Å². The standard InChI is InChI=1S/C12H14N2O/c1-2-11-12(6-4-8-14-11)15-9-10-5-3-7-13-10/h1,4,6,8,10,13H,3,5,7,9H2/t10-/m0/s1. The Morgan fingerprint density at radius 2 is 2.60 bits per heavy atom. The number of terminal acetylenes is 1. The van der Waals surface area contributed by atoms with E-state index < -0.39 is 0 Å². The van der Waals surface area contributed by atoms with E-state index in [0.29, 0.717) is 24.1 Å². The topological polar surface area (TPSA) is 34.1 Å². The monoisotopic (exact) mass is 202 g/mol. The zero-order valence-corrected chi connectivity index (χ0v) is 8.57. The van der Waals surface area contributed by atoms with Crippen LogP contribution in [0.4, 0.5) is 0 Å². The van der Waals surface area contributed by atoms with Crippen molar-refractivity contribution in [2.24, 2.45) is 0 Å². The molecule has 78 valence electrons. The van der Waals surface area contributed by atoms with Crippen LogP contribution in [-0.4, -0.2) is 24.2 Å². The smallest absolute Gasteiger partial charge is 0.154 e. The van der Waals surface area contributed by atoms with Crippen molar-refractivity contribution < 1.29 is 4.74 Å². The van der Waals surface area contributed by atoms with Crippen molar-refractivity contribution in [3.8, 4) is 18.1 Å². The van der Waals surface area contributed by atoms with Crippen LogP contribution in [0, 0.1) is 12.3 Å². The maximum atomic E-state index is 5.64. The summed E-state index contributed by atoms with van der Waals surface area (Å²) in [6.45, 7) is 1.75. The minimum Gasteiger partial charge on any atom is -0.489 e. The van der Waals surface area contributed by atoms with Crippen LogP contribution in [0.3, 0.4) is 0 Å². The van der Waals surface area contributed by atoms with E-state index >= 15 is 0 Å². The molecule has 0 aromatic carbocycles. The van der Waals surface area contributed by atoms with Gasteiger partial charge < -0.3 is 10.1 Å². The van der Waals surface area contributed by atoms with Gasteiger partial charge in [-0.2, -0.15) is 0 Å². The van der Waals surface area contributed by atoms with Gasteiger partial charge in [-0.25, -0.2) is 4.98 Å². The van der Waals surface area contributed by atoms with Gasteiger partial charge in [0.25, 0.3) is 0 Å². The van der Waals surface area contributed by atoms with Crippen LogP contribution in [0.15, 0.2) is 18.3 Å². The number of pyridine rings is 1. The third-order valence-electron chi connectivity index (χ3n) is 2.51. The average Bonchev–Trinajstić information content (AvgIpc) is 2.79. The highest BCUT2D eigenvalue weighted by Gasteiger charge is 2.14. The van der Waals surface area contributed by atoms with Crippen LogP contribution < -0.4 is 10.1 Å². The van der Waals surface area contributed by atoms with E-state index in [4.69, 9.17) is 11.2 Å². The van der Waals surface area contributed by atoms with Crippen molar-refractivity contribution in [2.45, 2.75) is 18.9 Å². The second-order valence-electron chi connectivity index (χ2n) is 3.60. The molecule has 1 N–H and O–H groups in total. The molecule has 2 rings (SSSR count). The number of hydrogen-bond donors (Lipinski definition) is 1. The van der Waals surface area contributed by atoms with E-state index in [1.165, 1.54) is 12.8 Å². The van der Waals surface area contributed by atoms with Gasteiger partial charge in [0.1, 0.15) is 6.61 Å². The Morgan fingerprint density at radius 1 is 1.67 bits per heavy atom. The highest BCUT2D eigenvalue weighted by molar-refractivity contribution is 5.38. The van der Waals surface area contributed by atoms with Crippen molar-refractivity contribution in [1.82, 2.24) is 10.3 Å². The fraction of sp³-hybridized carbons (Fsp3) is 0.417. The van der Waals surface area contributed by atoms with Gasteiger partial charge >= 0.3 is 0 Å². The number of aromatic nitrogens is 1. The minimum absolute atomic E-state index is 0.454. The van der Waals surface area contributed by atoms with Crippen molar-refractivity contribution in [1.29, 1.82) is 0 Å². The zero-order valence-electron chi connectivity index (χ0n) is 8.57. The van der Waals surface area contributed by atoms with Gasteiger partial charge in [-0.05, 0) is 37.4 Å². The minimum atomic E-state index is 0.454. The molecule has 0 aliphatic carbocycles. The van der Waals surface area contributed by atoms with E-state index in [1.807, 2.05) is 12.1 Å². The molecule has 15 heavy (non-hydrogen) atoms. The Balaban J connectivity index is 1.95. The lowest BCUT2D eigenvalue weighted by molar-refractivity contribution is 0.275. The Kier molecular flexibility index (Phi) is 3.21. The molecule has 1 atom stereocenters. The fourth-order valence-electron chi connectivity index (χ4n) is 1.70. The second-order valence-corrected chi connectivity index (χ2v) is 3.60. The Morgan fingerprint density at radius 3 is 3.33 bits per heavy atom. The molecule has 0 bridgehead atoms. The maximum Gasteiger partial charge on any atom is 0.154 e. The van der Waals surface area contributed by atoms with Crippen LogP contribution in [0.1, 0.15) is 18.5 Å². The van der Waals surface area contributed by atoms with Gasteiger partial charge in [0.2, 0.25) is 0 Å². The Hall–Kier alpha value is -1.53. The molecule has 1 aliphatic heterocycles. The molecular weight excluding hydrogens is 188 g/mol. The molecule has 1 aromatic rings. The van der Waals surface area contributed by atoms with Gasteiger partial charge in [-0.1, -0.05) is 0 Å². The molecule has 0 radical (unpaired) electrons. The number of nitrogens with zero attached hydrogens (tertiary/aromatic N) is 1. The van der Waals surface area contributed by atoms with E-state index in [1.54, 1.807) is 6.20 Å². The molecule has 3 nitrogen and oxygen atoms in total. The second kappa shape index (κ2) is 4.81. The molecule has 3 heteroatoms. The molecule has 1 aromatic heterocycles. The fourth-order valence-corrected chi connectivity index (χ4v) is 1.70. The van der Waals surface area contributed by atoms with E-state index in [9.17, 15) is 0 Å². The van der Waals surface area contributed by atoms with Crippen molar-refractivity contribution in [3.05, 3.63) is 24.0 Å². The molecular formula is C12H14N2O. The normalized spacial score (nSPS) is 19.8. The molecule has 1 saturated heterocycles. The molecule has 0 saturated carbocycles. The van der Waals surface area contributed by atoms with Crippen LogP contribution in [0.2, 0.25) is 0 Å². The lowest BCUT2D eigenvalue weighted by atomic mass is 10.2. The van der Waals surface area contributed by atoms with Crippen molar-refractivity contribution in [2.75, 3.05) is 13.2 Å². The average molecular weight is 202 g/mol. The first-order valence-corrected chi connectivity index (χ1v) is 5.18. The summed E-state index contributed by atoms with van der Waals surface area (Å²) >= 11 is 0. The molecule has 0 amide bonds. The summed E-state index contributed by atoms with van der Waals surface area (Å²) in [6.07, 6.45) is 9.40. The summed E-state index contributed by atoms with van der Waals surface area (Å²) < 4.78 is 5.64. The van der Waals surface area contributed by atoms with Crippen LogP contribution >= 0.6 is 0 Å². The SMILES string of the molecule is C#Cc1ncccc1OC[C@@H]1CCCN1. The predicted molar refractivity (Wildman–Crippen MR) is 58.7 cm³/mol. The lowest BCUT2D eigenvalue weighted by Gasteiger charge is -2.12. The first-order chi connectivity index (χ1) is 7.40. The Labute approximate surface area is 89.9 Å². The van der Waals surface area contributed by atoms with Gasteiger partial charge in [0.15, 0.2) is 11.4 Å². The first kappa shape index (κ1) is 10.0. The van der Waals surface area contributed by atoms with Crippen LogP contribution in [-0.2, 0) is 0 Å². The lowest BCUT2D eigenvalue weighted by Crippen LogP contribution is -2.28. The van der Waals surface area contributed by atoms with Crippen molar-refractivity contribution >= 4 is 0 Å². The molecule has 0 spiro atoms. The summed E-state index contributed by atoms with van der Waals surface area (Å²) in [6, 6.07) is 4.14.